The van der Waals surface area contributed by atoms with Crippen LogP contribution in [0, 0.1) is 0 Å². The number of rotatable bonds is 4. The van der Waals surface area contributed by atoms with E-state index in [4.69, 9.17) is 0 Å². The Hall–Kier alpha value is -2.93. The van der Waals surface area contributed by atoms with E-state index in [0.717, 1.165) is 33.5 Å². The summed E-state index contributed by atoms with van der Waals surface area (Å²) in [6.07, 6.45) is 5.54. The number of aromatic nitrogens is 1. The van der Waals surface area contributed by atoms with Crippen LogP contribution >= 0.6 is 0 Å². The molecule has 0 saturated carbocycles. The van der Waals surface area contributed by atoms with Crippen molar-refractivity contribution >= 4 is 12.2 Å². The van der Waals surface area contributed by atoms with Gasteiger partial charge < -0.3 is 0 Å². The second-order valence-corrected chi connectivity index (χ2v) is 5.09. The molecule has 0 aliphatic carbocycles. The lowest BCUT2D eigenvalue weighted by molar-refractivity contribution is 1.33. The molecule has 0 spiro atoms. The highest BCUT2D eigenvalue weighted by molar-refractivity contribution is 5.75. The van der Waals surface area contributed by atoms with Crippen molar-refractivity contribution in [3.8, 4) is 22.4 Å². The fourth-order valence-corrected chi connectivity index (χ4v) is 2.47. The molecule has 106 valence electrons. The van der Waals surface area contributed by atoms with Crippen LogP contribution in [0.4, 0.5) is 0 Å². The maximum absolute atomic E-state index is 4.42. The number of benzene rings is 2. The van der Waals surface area contributed by atoms with Gasteiger partial charge in [0.25, 0.3) is 0 Å². The summed E-state index contributed by atoms with van der Waals surface area (Å²) >= 11 is 0. The van der Waals surface area contributed by atoms with Crippen LogP contribution in [0.1, 0.15) is 11.1 Å². The van der Waals surface area contributed by atoms with Crippen molar-refractivity contribution in [2.75, 3.05) is 0 Å². The Labute approximate surface area is 131 Å². The smallest absolute Gasteiger partial charge is 0.0702 e. The molecule has 0 unspecified atom stereocenters. The van der Waals surface area contributed by atoms with Crippen LogP contribution in [0.3, 0.4) is 0 Å². The van der Waals surface area contributed by atoms with E-state index in [2.05, 4.69) is 60.6 Å². The monoisotopic (exact) mass is 283 g/mol. The molecule has 0 N–H and O–H groups in total. The predicted octanol–water partition coefficient (Wildman–Crippen LogP) is 5.70. The maximum Gasteiger partial charge on any atom is 0.0702 e. The maximum atomic E-state index is 4.42. The minimum atomic E-state index is 0.980. The molecule has 0 radical (unpaired) electrons. The van der Waals surface area contributed by atoms with Gasteiger partial charge in [-0.25, -0.2) is 0 Å². The third-order valence-electron chi connectivity index (χ3n) is 3.61. The Bertz CT molecular complexity index is 790. The van der Waals surface area contributed by atoms with Gasteiger partial charge in [0.2, 0.25) is 0 Å². The molecule has 3 aromatic rings. The molecular weight excluding hydrogens is 266 g/mol. The highest BCUT2D eigenvalue weighted by Crippen LogP contribution is 2.27. The van der Waals surface area contributed by atoms with E-state index in [1.807, 2.05) is 36.5 Å². The summed E-state index contributed by atoms with van der Waals surface area (Å²) < 4.78 is 0. The summed E-state index contributed by atoms with van der Waals surface area (Å²) in [5.74, 6) is 0. The van der Waals surface area contributed by atoms with Crippen LogP contribution in [0.25, 0.3) is 34.5 Å². The molecule has 1 nitrogen and oxygen atoms in total. The van der Waals surface area contributed by atoms with Crippen molar-refractivity contribution in [3.05, 3.63) is 91.1 Å². The van der Waals surface area contributed by atoms with Crippen LogP contribution in [0.15, 0.2) is 80.0 Å². The summed E-state index contributed by atoms with van der Waals surface area (Å²) in [5, 5.41) is 0. The first-order valence-electron chi connectivity index (χ1n) is 7.22. The van der Waals surface area contributed by atoms with E-state index < -0.39 is 0 Å². The predicted molar refractivity (Wildman–Crippen MR) is 95.3 cm³/mol. The van der Waals surface area contributed by atoms with Crippen molar-refractivity contribution in [2.45, 2.75) is 0 Å². The van der Waals surface area contributed by atoms with Gasteiger partial charge in [-0.05, 0) is 58.7 Å². The molecule has 22 heavy (non-hydrogen) atoms. The van der Waals surface area contributed by atoms with Crippen molar-refractivity contribution in [2.24, 2.45) is 0 Å². The van der Waals surface area contributed by atoms with E-state index in [0.29, 0.717) is 0 Å². The third-order valence-corrected chi connectivity index (χ3v) is 3.61. The molecule has 0 amide bonds. The van der Waals surface area contributed by atoms with Gasteiger partial charge in [-0.2, -0.15) is 0 Å². The Balaban J connectivity index is 2.09. The number of nitrogens with zero attached hydrogens (tertiary/aromatic N) is 1. The first-order valence-corrected chi connectivity index (χ1v) is 7.22. The van der Waals surface area contributed by atoms with Gasteiger partial charge in [-0.3, -0.25) is 4.98 Å². The zero-order valence-electron chi connectivity index (χ0n) is 12.4. The fraction of sp³-hybridized carbons (Fsp3) is 0. The van der Waals surface area contributed by atoms with Crippen molar-refractivity contribution in [1.29, 1.82) is 0 Å². The van der Waals surface area contributed by atoms with Gasteiger partial charge in [0.15, 0.2) is 0 Å². The molecule has 0 bridgehead atoms. The lowest BCUT2D eigenvalue weighted by atomic mass is 9.97. The van der Waals surface area contributed by atoms with E-state index in [1.165, 1.54) is 0 Å². The SMILES string of the molecule is C=Cc1cc(C=C)cc(-c2cccc(-c3ccccn3)c2)c1. The highest BCUT2D eigenvalue weighted by atomic mass is 14.7. The Morgan fingerprint density at radius 3 is 2.05 bits per heavy atom. The van der Waals surface area contributed by atoms with Crippen LogP contribution in [0.5, 0.6) is 0 Å². The fourth-order valence-electron chi connectivity index (χ4n) is 2.47. The lowest BCUT2D eigenvalue weighted by Crippen LogP contribution is -1.86. The molecule has 1 heteroatoms. The molecule has 0 aliphatic heterocycles. The van der Waals surface area contributed by atoms with Crippen LogP contribution in [-0.2, 0) is 0 Å². The molecule has 1 aromatic heterocycles. The van der Waals surface area contributed by atoms with Crippen molar-refractivity contribution < 1.29 is 0 Å². The molecular formula is C21H17N. The second-order valence-electron chi connectivity index (χ2n) is 5.09. The molecule has 2 aromatic carbocycles. The van der Waals surface area contributed by atoms with Gasteiger partial charge in [0.1, 0.15) is 0 Å². The van der Waals surface area contributed by atoms with Crippen LogP contribution < -0.4 is 0 Å². The lowest BCUT2D eigenvalue weighted by Gasteiger charge is -2.08. The van der Waals surface area contributed by atoms with E-state index in [9.17, 15) is 0 Å². The average Bonchev–Trinajstić information content (AvgIpc) is 2.62. The van der Waals surface area contributed by atoms with Gasteiger partial charge in [-0.15, -0.1) is 0 Å². The van der Waals surface area contributed by atoms with Gasteiger partial charge in [0.05, 0.1) is 5.69 Å². The quantitative estimate of drug-likeness (QED) is 0.598. The van der Waals surface area contributed by atoms with Crippen LogP contribution in [-0.4, -0.2) is 4.98 Å². The van der Waals surface area contributed by atoms with Crippen LogP contribution in [0.2, 0.25) is 0 Å². The number of pyridine rings is 1. The summed E-state index contributed by atoms with van der Waals surface area (Å²) in [6.45, 7) is 7.72. The number of hydrogen-bond acceptors (Lipinski definition) is 1. The first kappa shape index (κ1) is 14.0. The van der Waals surface area contributed by atoms with Crippen molar-refractivity contribution in [3.63, 3.8) is 0 Å². The highest BCUT2D eigenvalue weighted by Gasteiger charge is 2.04. The molecule has 0 aliphatic rings. The summed E-state index contributed by atoms with van der Waals surface area (Å²) in [4.78, 5) is 4.42. The summed E-state index contributed by atoms with van der Waals surface area (Å²) in [7, 11) is 0. The van der Waals surface area contributed by atoms with Gasteiger partial charge in [0, 0.05) is 11.8 Å². The normalized spacial score (nSPS) is 10.2. The van der Waals surface area contributed by atoms with Gasteiger partial charge in [-0.1, -0.05) is 49.6 Å². The summed E-state index contributed by atoms with van der Waals surface area (Å²) in [6, 6.07) is 20.7. The first-order chi connectivity index (χ1) is 10.8. The molecule has 0 saturated heterocycles. The second kappa shape index (κ2) is 6.23. The standard InChI is InChI=1S/C21H17N/c1-3-16-12-17(4-2)14-20(13-16)18-8-7-9-19(15-18)21-10-5-6-11-22-21/h3-15H,1-2H2. The molecule has 3 rings (SSSR count). The largest absolute Gasteiger partial charge is 0.256 e. The summed E-state index contributed by atoms with van der Waals surface area (Å²) in [5.41, 5.74) is 6.60. The van der Waals surface area contributed by atoms with Crippen molar-refractivity contribution in [1.82, 2.24) is 4.98 Å². The van der Waals surface area contributed by atoms with E-state index >= 15 is 0 Å². The molecule has 1 heterocycles. The Morgan fingerprint density at radius 2 is 1.41 bits per heavy atom. The molecule has 0 fully saturated rings. The Kier molecular flexibility index (Phi) is 3.97. The average molecular weight is 283 g/mol. The van der Waals surface area contributed by atoms with Gasteiger partial charge >= 0.3 is 0 Å². The zero-order valence-corrected chi connectivity index (χ0v) is 12.4. The zero-order chi connectivity index (χ0) is 15.4. The van der Waals surface area contributed by atoms with E-state index in [-0.39, 0.29) is 0 Å². The minimum absolute atomic E-state index is 0.980. The molecule has 0 atom stereocenters. The third kappa shape index (κ3) is 2.89. The minimum Gasteiger partial charge on any atom is -0.256 e. The topological polar surface area (TPSA) is 12.9 Å². The Morgan fingerprint density at radius 1 is 0.682 bits per heavy atom. The number of hydrogen-bond donors (Lipinski definition) is 0. The van der Waals surface area contributed by atoms with E-state index in [1.54, 1.807) is 0 Å².